The van der Waals surface area contributed by atoms with Crippen LogP contribution in [0.4, 0.5) is 0 Å². The van der Waals surface area contributed by atoms with Crippen molar-refractivity contribution < 1.29 is 9.90 Å². The molecule has 1 saturated heterocycles. The topological polar surface area (TPSA) is 43.8 Å². The lowest BCUT2D eigenvalue weighted by atomic mass is 10.1. The van der Waals surface area contributed by atoms with Gasteiger partial charge < -0.3 is 10.0 Å². The minimum atomic E-state index is -0.775. The number of hydrogen-bond donors (Lipinski definition) is 1. The molecule has 1 atom stereocenters. The number of carboxylic acids is 1. The van der Waals surface area contributed by atoms with Crippen LogP contribution in [0.25, 0.3) is 0 Å². The summed E-state index contributed by atoms with van der Waals surface area (Å²) in [5.41, 5.74) is 2.13. The molecule has 0 saturated carbocycles. The van der Waals surface area contributed by atoms with E-state index in [0.29, 0.717) is 6.04 Å². The van der Waals surface area contributed by atoms with E-state index < -0.39 is 5.97 Å². The van der Waals surface area contributed by atoms with Gasteiger partial charge in [-0.25, -0.2) is 0 Å². The van der Waals surface area contributed by atoms with E-state index in [-0.39, 0.29) is 6.42 Å². The van der Waals surface area contributed by atoms with Crippen molar-refractivity contribution in [2.45, 2.75) is 32.4 Å². The number of aliphatic carboxylic acids is 1. The number of rotatable bonds is 5. The standard InChI is InChI=1S/C16H24N2O2/c1-3-15-12-18(9-8-17(15)2)11-14-6-4-13(5-7-14)10-16(19)20/h4-7,15H,3,8-12H2,1-2H3,(H,19,20). The van der Waals surface area contributed by atoms with Gasteiger partial charge in [-0.3, -0.25) is 9.69 Å². The second kappa shape index (κ2) is 6.86. The monoisotopic (exact) mass is 276 g/mol. The van der Waals surface area contributed by atoms with E-state index in [9.17, 15) is 4.79 Å². The average molecular weight is 276 g/mol. The van der Waals surface area contributed by atoms with E-state index in [1.165, 1.54) is 12.0 Å². The van der Waals surface area contributed by atoms with Crippen molar-refractivity contribution in [1.29, 1.82) is 0 Å². The van der Waals surface area contributed by atoms with Gasteiger partial charge in [0.05, 0.1) is 6.42 Å². The first-order valence-electron chi connectivity index (χ1n) is 7.30. The molecule has 4 nitrogen and oxygen atoms in total. The van der Waals surface area contributed by atoms with E-state index >= 15 is 0 Å². The molecule has 1 unspecified atom stereocenters. The maximum absolute atomic E-state index is 10.7. The molecule has 0 spiro atoms. The lowest BCUT2D eigenvalue weighted by molar-refractivity contribution is -0.136. The summed E-state index contributed by atoms with van der Waals surface area (Å²) in [5.74, 6) is -0.775. The molecule has 1 fully saturated rings. The lowest BCUT2D eigenvalue weighted by Crippen LogP contribution is -2.50. The van der Waals surface area contributed by atoms with Gasteiger partial charge in [-0.2, -0.15) is 0 Å². The average Bonchev–Trinajstić information content (AvgIpc) is 2.42. The molecule has 0 amide bonds. The molecular weight excluding hydrogens is 252 g/mol. The molecule has 1 aromatic rings. The second-order valence-corrected chi connectivity index (χ2v) is 5.66. The van der Waals surface area contributed by atoms with E-state index in [1.54, 1.807) is 0 Å². The van der Waals surface area contributed by atoms with Crippen molar-refractivity contribution >= 4 is 5.97 Å². The predicted octanol–water partition coefficient (Wildman–Crippen LogP) is 1.84. The molecule has 0 radical (unpaired) electrons. The summed E-state index contributed by atoms with van der Waals surface area (Å²) >= 11 is 0. The van der Waals surface area contributed by atoms with Gasteiger partial charge in [-0.1, -0.05) is 31.2 Å². The predicted molar refractivity (Wildman–Crippen MR) is 79.8 cm³/mol. The van der Waals surface area contributed by atoms with E-state index in [2.05, 4.69) is 35.9 Å². The summed E-state index contributed by atoms with van der Waals surface area (Å²) in [6.07, 6.45) is 1.29. The van der Waals surface area contributed by atoms with Crippen LogP contribution < -0.4 is 0 Å². The highest BCUT2D eigenvalue weighted by atomic mass is 16.4. The van der Waals surface area contributed by atoms with E-state index in [4.69, 9.17) is 5.11 Å². The van der Waals surface area contributed by atoms with Crippen molar-refractivity contribution in [2.75, 3.05) is 26.7 Å². The summed E-state index contributed by atoms with van der Waals surface area (Å²) < 4.78 is 0. The lowest BCUT2D eigenvalue weighted by Gasteiger charge is -2.39. The first kappa shape index (κ1) is 15.0. The summed E-state index contributed by atoms with van der Waals surface area (Å²) in [4.78, 5) is 15.6. The summed E-state index contributed by atoms with van der Waals surface area (Å²) in [7, 11) is 2.20. The van der Waals surface area contributed by atoms with Crippen molar-refractivity contribution in [3.63, 3.8) is 0 Å². The molecule has 1 aliphatic rings. The normalized spacial score (nSPS) is 21.0. The van der Waals surface area contributed by atoms with Crippen LogP contribution in [-0.4, -0.2) is 53.6 Å². The number of hydrogen-bond acceptors (Lipinski definition) is 3. The molecule has 110 valence electrons. The molecule has 0 bridgehead atoms. The zero-order valence-corrected chi connectivity index (χ0v) is 12.4. The Morgan fingerprint density at radius 2 is 1.90 bits per heavy atom. The molecular formula is C16H24N2O2. The third-order valence-corrected chi connectivity index (χ3v) is 4.12. The van der Waals surface area contributed by atoms with Crippen LogP contribution in [0.1, 0.15) is 24.5 Å². The van der Waals surface area contributed by atoms with Gasteiger partial charge in [0, 0.05) is 32.2 Å². The quantitative estimate of drug-likeness (QED) is 0.891. The smallest absolute Gasteiger partial charge is 0.307 e. The maximum Gasteiger partial charge on any atom is 0.307 e. The Morgan fingerprint density at radius 3 is 2.50 bits per heavy atom. The third kappa shape index (κ3) is 4.05. The number of nitrogens with zero attached hydrogens (tertiary/aromatic N) is 2. The number of carbonyl (C=O) groups is 1. The zero-order chi connectivity index (χ0) is 14.5. The fraction of sp³-hybridized carbons (Fsp3) is 0.562. The maximum atomic E-state index is 10.7. The largest absolute Gasteiger partial charge is 0.481 e. The zero-order valence-electron chi connectivity index (χ0n) is 12.4. The van der Waals surface area contributed by atoms with Crippen LogP contribution in [0.15, 0.2) is 24.3 Å². The molecule has 4 heteroatoms. The molecule has 0 aromatic heterocycles. The Labute approximate surface area is 121 Å². The minimum absolute atomic E-state index is 0.104. The Balaban J connectivity index is 1.91. The van der Waals surface area contributed by atoms with Crippen molar-refractivity contribution in [3.05, 3.63) is 35.4 Å². The van der Waals surface area contributed by atoms with Gasteiger partial charge in [0.1, 0.15) is 0 Å². The Hall–Kier alpha value is -1.39. The molecule has 20 heavy (non-hydrogen) atoms. The summed E-state index contributed by atoms with van der Waals surface area (Å²) in [6.45, 7) is 6.53. The summed E-state index contributed by atoms with van der Waals surface area (Å²) in [6, 6.07) is 8.61. The first-order chi connectivity index (χ1) is 9.58. The van der Waals surface area contributed by atoms with Crippen LogP contribution >= 0.6 is 0 Å². The number of carboxylic acid groups (broad SMARTS) is 1. The minimum Gasteiger partial charge on any atom is -0.481 e. The van der Waals surface area contributed by atoms with Gasteiger partial charge in [0.2, 0.25) is 0 Å². The van der Waals surface area contributed by atoms with Crippen LogP contribution in [-0.2, 0) is 17.8 Å². The van der Waals surface area contributed by atoms with Gasteiger partial charge in [-0.05, 0) is 24.6 Å². The van der Waals surface area contributed by atoms with Crippen molar-refractivity contribution in [2.24, 2.45) is 0 Å². The molecule has 1 N–H and O–H groups in total. The highest BCUT2D eigenvalue weighted by Gasteiger charge is 2.22. The van der Waals surface area contributed by atoms with Gasteiger partial charge in [0.25, 0.3) is 0 Å². The van der Waals surface area contributed by atoms with Gasteiger partial charge in [0.15, 0.2) is 0 Å². The fourth-order valence-corrected chi connectivity index (χ4v) is 2.79. The highest BCUT2D eigenvalue weighted by Crippen LogP contribution is 2.14. The van der Waals surface area contributed by atoms with Crippen LogP contribution in [0.3, 0.4) is 0 Å². The van der Waals surface area contributed by atoms with Crippen LogP contribution in [0.2, 0.25) is 0 Å². The van der Waals surface area contributed by atoms with Crippen LogP contribution in [0, 0.1) is 0 Å². The fourth-order valence-electron chi connectivity index (χ4n) is 2.79. The molecule has 2 rings (SSSR count). The summed E-state index contributed by atoms with van der Waals surface area (Å²) in [5, 5.41) is 8.77. The number of likely N-dealkylation sites (N-methyl/N-ethyl adjacent to an activating group) is 1. The van der Waals surface area contributed by atoms with Crippen molar-refractivity contribution in [3.8, 4) is 0 Å². The Bertz CT molecular complexity index is 444. The molecule has 0 aliphatic carbocycles. The van der Waals surface area contributed by atoms with E-state index in [0.717, 1.165) is 31.7 Å². The molecule has 1 aromatic carbocycles. The highest BCUT2D eigenvalue weighted by molar-refractivity contribution is 5.70. The van der Waals surface area contributed by atoms with Gasteiger partial charge >= 0.3 is 5.97 Å². The van der Waals surface area contributed by atoms with E-state index in [1.807, 2.05) is 12.1 Å². The second-order valence-electron chi connectivity index (χ2n) is 5.66. The number of benzene rings is 1. The molecule has 1 aliphatic heterocycles. The van der Waals surface area contributed by atoms with Crippen molar-refractivity contribution in [1.82, 2.24) is 9.80 Å². The van der Waals surface area contributed by atoms with Crippen LogP contribution in [0.5, 0.6) is 0 Å². The Morgan fingerprint density at radius 1 is 1.25 bits per heavy atom. The molecule has 1 heterocycles. The SMILES string of the molecule is CCC1CN(Cc2ccc(CC(=O)O)cc2)CCN1C. The Kier molecular flexibility index (Phi) is 5.15. The first-order valence-corrected chi connectivity index (χ1v) is 7.30. The van der Waals surface area contributed by atoms with Gasteiger partial charge in [-0.15, -0.1) is 0 Å². The number of piperazine rings is 1. The third-order valence-electron chi connectivity index (χ3n) is 4.12.